The lowest BCUT2D eigenvalue weighted by molar-refractivity contribution is -0.139. The van der Waals surface area contributed by atoms with Crippen LogP contribution >= 0.6 is 0 Å². The predicted octanol–water partition coefficient (Wildman–Crippen LogP) is 3.23. The molecule has 22 heavy (non-hydrogen) atoms. The molecule has 4 nitrogen and oxygen atoms in total. The van der Waals surface area contributed by atoms with Crippen LogP contribution in [0, 0.1) is 5.82 Å². The first-order valence-corrected chi connectivity index (χ1v) is 6.74. The number of esters is 1. The van der Waals surface area contributed by atoms with Crippen molar-refractivity contribution in [3.8, 4) is 0 Å². The van der Waals surface area contributed by atoms with Crippen LogP contribution in [0.5, 0.6) is 0 Å². The highest BCUT2D eigenvalue weighted by atomic mass is 19.1. The summed E-state index contributed by atoms with van der Waals surface area (Å²) in [5, 5.41) is 0. The van der Waals surface area contributed by atoms with Crippen LogP contribution in [0.4, 0.5) is 4.39 Å². The SMILES string of the molecule is O=C(/C=C/c1ccccc1F)OCc1cn2ccccc2n1. The highest BCUT2D eigenvalue weighted by Crippen LogP contribution is 2.09. The Morgan fingerprint density at radius 3 is 2.86 bits per heavy atom. The Hall–Kier alpha value is -2.95. The molecule has 0 N–H and O–H groups in total. The number of pyridine rings is 1. The van der Waals surface area contributed by atoms with E-state index in [-0.39, 0.29) is 12.4 Å². The molecular formula is C17H13FN2O2. The molecule has 0 aliphatic heterocycles. The van der Waals surface area contributed by atoms with Gasteiger partial charge < -0.3 is 9.14 Å². The van der Waals surface area contributed by atoms with Crippen LogP contribution in [-0.4, -0.2) is 15.4 Å². The van der Waals surface area contributed by atoms with Crippen molar-refractivity contribution >= 4 is 17.7 Å². The van der Waals surface area contributed by atoms with Gasteiger partial charge in [-0.15, -0.1) is 0 Å². The number of benzene rings is 1. The highest BCUT2D eigenvalue weighted by molar-refractivity contribution is 5.87. The summed E-state index contributed by atoms with van der Waals surface area (Å²) in [5.41, 5.74) is 1.78. The maximum Gasteiger partial charge on any atom is 0.331 e. The van der Waals surface area contributed by atoms with Crippen LogP contribution in [0.3, 0.4) is 0 Å². The first kappa shape index (κ1) is 14.0. The summed E-state index contributed by atoms with van der Waals surface area (Å²) in [6.07, 6.45) is 6.25. The van der Waals surface area contributed by atoms with Crippen molar-refractivity contribution in [1.29, 1.82) is 0 Å². The van der Waals surface area contributed by atoms with E-state index in [4.69, 9.17) is 4.74 Å². The van der Waals surface area contributed by atoms with Gasteiger partial charge in [0.1, 0.15) is 18.1 Å². The van der Waals surface area contributed by atoms with Gasteiger partial charge in [0.2, 0.25) is 0 Å². The molecule has 110 valence electrons. The number of rotatable bonds is 4. The molecule has 0 unspecified atom stereocenters. The average Bonchev–Trinajstić information content (AvgIpc) is 2.95. The van der Waals surface area contributed by atoms with Crippen molar-refractivity contribution in [2.45, 2.75) is 6.61 Å². The fourth-order valence-corrected chi connectivity index (χ4v) is 2.02. The molecule has 0 atom stereocenters. The second-order valence-corrected chi connectivity index (χ2v) is 4.66. The van der Waals surface area contributed by atoms with E-state index in [9.17, 15) is 9.18 Å². The second-order valence-electron chi connectivity index (χ2n) is 4.66. The summed E-state index contributed by atoms with van der Waals surface area (Å²) in [5.74, 6) is -0.924. The van der Waals surface area contributed by atoms with E-state index in [1.165, 1.54) is 18.2 Å². The Balaban J connectivity index is 1.61. The molecule has 0 fully saturated rings. The molecule has 2 heterocycles. The number of fused-ring (bicyclic) bond motifs is 1. The summed E-state index contributed by atoms with van der Waals surface area (Å²) in [7, 11) is 0. The van der Waals surface area contributed by atoms with Crippen molar-refractivity contribution in [3.05, 3.63) is 78.0 Å². The quantitative estimate of drug-likeness (QED) is 0.548. The zero-order chi connectivity index (χ0) is 15.4. The second kappa shape index (κ2) is 6.22. The van der Waals surface area contributed by atoms with E-state index in [1.807, 2.05) is 28.8 Å². The third-order valence-corrected chi connectivity index (χ3v) is 3.08. The zero-order valence-electron chi connectivity index (χ0n) is 11.6. The molecule has 0 spiro atoms. The van der Waals surface area contributed by atoms with Crippen LogP contribution in [0.15, 0.2) is 60.9 Å². The molecule has 0 saturated heterocycles. The Bertz CT molecular complexity index is 806. The van der Waals surface area contributed by atoms with Gasteiger partial charge in [0.25, 0.3) is 0 Å². The molecule has 1 aromatic carbocycles. The Labute approximate surface area is 126 Å². The first-order chi connectivity index (χ1) is 10.7. The minimum Gasteiger partial charge on any atom is -0.456 e. The number of ether oxygens (including phenoxy) is 1. The fourth-order valence-electron chi connectivity index (χ4n) is 2.02. The first-order valence-electron chi connectivity index (χ1n) is 6.74. The summed E-state index contributed by atoms with van der Waals surface area (Å²) in [4.78, 5) is 16.0. The van der Waals surface area contributed by atoms with Crippen LogP contribution in [-0.2, 0) is 16.1 Å². The normalized spacial score (nSPS) is 11.1. The van der Waals surface area contributed by atoms with Gasteiger partial charge in [-0.05, 0) is 24.3 Å². The molecule has 0 bridgehead atoms. The minimum absolute atomic E-state index is 0.0716. The highest BCUT2D eigenvalue weighted by Gasteiger charge is 2.04. The Kier molecular flexibility index (Phi) is 3.96. The number of carbonyl (C=O) groups excluding carboxylic acids is 1. The third-order valence-electron chi connectivity index (χ3n) is 3.08. The lowest BCUT2D eigenvalue weighted by atomic mass is 10.2. The van der Waals surface area contributed by atoms with Gasteiger partial charge in [0.15, 0.2) is 0 Å². The summed E-state index contributed by atoms with van der Waals surface area (Å²) < 4.78 is 20.3. The van der Waals surface area contributed by atoms with E-state index >= 15 is 0 Å². The molecular weight excluding hydrogens is 283 g/mol. The maximum absolute atomic E-state index is 13.4. The van der Waals surface area contributed by atoms with Crippen molar-refractivity contribution in [2.75, 3.05) is 0 Å². The molecule has 0 saturated carbocycles. The van der Waals surface area contributed by atoms with E-state index in [0.29, 0.717) is 11.3 Å². The van der Waals surface area contributed by atoms with Crippen LogP contribution in [0.1, 0.15) is 11.3 Å². The number of nitrogens with zero attached hydrogens (tertiary/aromatic N) is 2. The molecule has 0 aliphatic carbocycles. The van der Waals surface area contributed by atoms with Gasteiger partial charge in [0, 0.05) is 24.0 Å². The molecule has 2 aromatic heterocycles. The van der Waals surface area contributed by atoms with E-state index < -0.39 is 5.97 Å². The topological polar surface area (TPSA) is 43.6 Å². The van der Waals surface area contributed by atoms with Crippen molar-refractivity contribution in [3.63, 3.8) is 0 Å². The molecule has 3 aromatic rings. The lowest BCUT2D eigenvalue weighted by Crippen LogP contribution is -2.01. The largest absolute Gasteiger partial charge is 0.456 e. The average molecular weight is 296 g/mol. The third kappa shape index (κ3) is 3.20. The van der Waals surface area contributed by atoms with Gasteiger partial charge >= 0.3 is 5.97 Å². The van der Waals surface area contributed by atoms with E-state index in [2.05, 4.69) is 4.98 Å². The van der Waals surface area contributed by atoms with Gasteiger partial charge in [-0.3, -0.25) is 0 Å². The Morgan fingerprint density at radius 2 is 2.05 bits per heavy atom. The van der Waals surface area contributed by atoms with E-state index in [1.54, 1.807) is 24.4 Å². The predicted molar refractivity (Wildman–Crippen MR) is 80.4 cm³/mol. The summed E-state index contributed by atoms with van der Waals surface area (Å²) in [6, 6.07) is 11.8. The Morgan fingerprint density at radius 1 is 1.23 bits per heavy atom. The van der Waals surface area contributed by atoms with Crippen LogP contribution in [0.2, 0.25) is 0 Å². The number of halogens is 1. The molecule has 0 aliphatic rings. The monoisotopic (exact) mass is 296 g/mol. The van der Waals surface area contributed by atoms with E-state index in [0.717, 1.165) is 5.65 Å². The zero-order valence-corrected chi connectivity index (χ0v) is 11.6. The summed E-state index contributed by atoms with van der Waals surface area (Å²) in [6.45, 7) is 0.0716. The minimum atomic E-state index is -0.541. The fraction of sp³-hybridized carbons (Fsp3) is 0.0588. The lowest BCUT2D eigenvalue weighted by Gasteiger charge is -1.98. The molecule has 0 amide bonds. The van der Waals surface area contributed by atoms with Crippen molar-refractivity contribution in [1.82, 2.24) is 9.38 Å². The summed E-state index contributed by atoms with van der Waals surface area (Å²) >= 11 is 0. The van der Waals surface area contributed by atoms with Gasteiger partial charge in [-0.25, -0.2) is 14.2 Å². The maximum atomic E-state index is 13.4. The molecule has 3 rings (SSSR count). The number of aromatic nitrogens is 2. The number of hydrogen-bond acceptors (Lipinski definition) is 3. The van der Waals surface area contributed by atoms with Crippen molar-refractivity contribution < 1.29 is 13.9 Å². The van der Waals surface area contributed by atoms with Crippen molar-refractivity contribution in [2.24, 2.45) is 0 Å². The smallest absolute Gasteiger partial charge is 0.331 e. The van der Waals surface area contributed by atoms with Crippen LogP contribution in [0.25, 0.3) is 11.7 Å². The van der Waals surface area contributed by atoms with Crippen LogP contribution < -0.4 is 0 Å². The van der Waals surface area contributed by atoms with Gasteiger partial charge in [-0.2, -0.15) is 0 Å². The van der Waals surface area contributed by atoms with Gasteiger partial charge in [0.05, 0.1) is 5.69 Å². The number of carbonyl (C=O) groups is 1. The number of imidazole rings is 1. The molecule has 0 radical (unpaired) electrons. The standard InChI is InChI=1S/C17H13FN2O2/c18-15-6-2-1-5-13(15)8-9-17(21)22-12-14-11-20-10-4-3-7-16(20)19-14/h1-11H,12H2/b9-8+. The molecule has 5 heteroatoms. The van der Waals surface area contributed by atoms with Gasteiger partial charge in [-0.1, -0.05) is 24.3 Å². The number of hydrogen-bond donors (Lipinski definition) is 0.